The fourth-order valence-corrected chi connectivity index (χ4v) is 16.7. The van der Waals surface area contributed by atoms with Gasteiger partial charge in [0.15, 0.2) is 29.5 Å². The summed E-state index contributed by atoms with van der Waals surface area (Å²) >= 11 is 3.20. The summed E-state index contributed by atoms with van der Waals surface area (Å²) < 4.78 is 164. The number of aliphatic carboxylic acids is 2. The van der Waals surface area contributed by atoms with Crippen LogP contribution in [-0.4, -0.2) is 297 Å². The standard InChI is InChI=1S/2C30H42N6O7S2.C17H20N2O5S.C13H24N4O3S.C4H6O6/c2*1-5-6-12-32-24-17-21(18-25(45(31,38)39)26(24)42-22-10-8-7-9-11-22)29(37)43-23(19-33-30(2,3)4)20-41-28-27(34-44-35-28)36-13-15-40-16-14-36;1-2-3-9-19-14-10-12(17(20)21)11-15(25(18,22)23)16(14)24-13-7-5-4-6-8-13;1-13(2,3)14-8-10(18)9-20-12-11(15-21-16-12)17-4-6-19-7-5-17;5-1(3(7)8)2(6)4(9)10/h2*7-11,17-18,23,32-33H,5-6,12-16,19-20H2,1-4H3,(H2,31,38,39);4-8,10-11,19H,2-3,9H2,1H3,(H,20,21)(H2,18,22,23);10,14,18H,4-9H2,1-3H3;1-2,5-6H,(H,7,8)(H,9,10)/t2*23-;;10-;/m00.0./s1. The average molecular weight is 2160 g/mol. The number of esters is 2. The van der Waals surface area contributed by atoms with Gasteiger partial charge in [0.2, 0.25) is 47.5 Å². The van der Waals surface area contributed by atoms with Crippen molar-refractivity contribution in [2.75, 3.05) is 169 Å². The molecule has 52 heteroatoms. The number of carboxylic acids is 3. The van der Waals surface area contributed by atoms with E-state index in [0.29, 0.717) is 150 Å². The van der Waals surface area contributed by atoms with Crippen LogP contribution in [0.5, 0.6) is 52.1 Å². The number of unbranched alkanes of at least 4 members (excludes halogenated alkanes) is 3. The lowest BCUT2D eigenvalue weighted by molar-refractivity contribution is -0.165. The quantitative estimate of drug-likeness (QED) is 0.0125. The van der Waals surface area contributed by atoms with E-state index in [9.17, 15) is 59.4 Å². The first-order chi connectivity index (χ1) is 69.1. The lowest BCUT2D eigenvalue weighted by atomic mass is 10.1. The molecule has 0 amide bonds. The van der Waals surface area contributed by atoms with Crippen molar-refractivity contribution in [3.8, 4) is 52.1 Å². The number of aromatic nitrogens is 6. The first-order valence-electron chi connectivity index (χ1n) is 46.9. The number of primary sulfonamides is 3. The Morgan fingerprint density at radius 1 is 0.404 bits per heavy atom. The molecule has 0 radical (unpaired) electrons. The molecule has 6 heterocycles. The summed E-state index contributed by atoms with van der Waals surface area (Å²) in [6.45, 7) is 34.9. The summed E-state index contributed by atoms with van der Waals surface area (Å²) in [5.41, 5.74) is 0.0721. The van der Waals surface area contributed by atoms with Crippen LogP contribution >= 0.6 is 35.2 Å². The second kappa shape index (κ2) is 58.2. The number of nitrogens with one attached hydrogen (secondary N) is 6. The first-order valence-corrected chi connectivity index (χ1v) is 53.7. The number of para-hydroxylation sites is 3. The van der Waals surface area contributed by atoms with Gasteiger partial charge >= 0.3 is 29.8 Å². The zero-order chi connectivity index (χ0) is 107. The van der Waals surface area contributed by atoms with Crippen LogP contribution in [0, 0.1) is 0 Å². The van der Waals surface area contributed by atoms with Crippen molar-refractivity contribution in [1.29, 1.82) is 0 Å². The summed E-state index contributed by atoms with van der Waals surface area (Å²) in [5, 5.41) is 87.6. The monoisotopic (exact) mass is 2150 g/mol. The highest BCUT2D eigenvalue weighted by atomic mass is 32.2. The highest BCUT2D eigenvalue weighted by molar-refractivity contribution is 7.89. The van der Waals surface area contributed by atoms with Crippen LogP contribution in [0.3, 0.4) is 0 Å². The van der Waals surface area contributed by atoms with Gasteiger partial charge in [-0.05, 0) is 154 Å². The number of benzene rings is 6. The molecule has 0 aliphatic carbocycles. The van der Waals surface area contributed by atoms with Crippen molar-refractivity contribution in [2.24, 2.45) is 15.4 Å². The van der Waals surface area contributed by atoms with Gasteiger partial charge in [0, 0.05) is 95.2 Å². The molecule has 3 aliphatic rings. The molecule has 18 N–H and O–H groups in total. The average Bonchev–Trinajstić information content (AvgIpc) is 1.80. The van der Waals surface area contributed by atoms with Gasteiger partial charge in [-0.15, -0.1) is 13.1 Å². The number of carboxylic acid groups (broad SMARTS) is 3. The normalized spacial score (nSPS) is 14.5. The Kier molecular flexibility index (Phi) is 47.6. The minimum atomic E-state index is -4.31. The molecular formula is C94H134N18O28S6. The van der Waals surface area contributed by atoms with Crippen LogP contribution < -0.4 is 90.4 Å². The molecule has 0 spiro atoms. The Labute approximate surface area is 862 Å². The number of β-amino-alcohol motifs (C(OH)–C–C–N with tert-alkyl or cyclic N) is 1. The van der Waals surface area contributed by atoms with Gasteiger partial charge in [-0.2, -0.15) is 13.1 Å². The number of nitrogens with two attached hydrogens (primary N) is 3. The van der Waals surface area contributed by atoms with Crippen LogP contribution in [0.1, 0.15) is 153 Å². The van der Waals surface area contributed by atoms with E-state index in [1.165, 1.54) is 30.3 Å². The fourth-order valence-electron chi connectivity index (χ4n) is 13.1. The van der Waals surface area contributed by atoms with Gasteiger partial charge in [0.25, 0.3) is 17.6 Å². The van der Waals surface area contributed by atoms with Crippen molar-refractivity contribution in [3.63, 3.8) is 0 Å². The van der Waals surface area contributed by atoms with E-state index in [1.54, 1.807) is 78.9 Å². The maximum absolute atomic E-state index is 13.6. The zero-order valence-electron chi connectivity index (χ0n) is 83.5. The third-order valence-electron chi connectivity index (χ3n) is 20.7. The largest absolute Gasteiger partial charge is 0.479 e. The Hall–Kier alpha value is -11.7. The molecule has 804 valence electrons. The van der Waals surface area contributed by atoms with Crippen molar-refractivity contribution in [1.82, 2.24) is 42.2 Å². The molecular weight excluding hydrogens is 2020 g/mol. The van der Waals surface area contributed by atoms with Gasteiger partial charge in [-0.3, -0.25) is 0 Å². The number of anilines is 6. The number of carbonyl (C=O) groups is 5. The van der Waals surface area contributed by atoms with Gasteiger partial charge in [0.1, 0.15) is 70.1 Å². The van der Waals surface area contributed by atoms with Gasteiger partial charge in [0.05, 0.1) is 109 Å². The van der Waals surface area contributed by atoms with E-state index < -0.39 is 90.4 Å². The Morgan fingerprint density at radius 3 is 0.945 bits per heavy atom. The summed E-state index contributed by atoms with van der Waals surface area (Å²) in [6, 6.07) is 33.8. The molecule has 0 bridgehead atoms. The molecule has 46 nitrogen and oxygen atoms in total. The van der Waals surface area contributed by atoms with E-state index >= 15 is 0 Å². The number of aliphatic hydroxyl groups excluding tert-OH is 3. The van der Waals surface area contributed by atoms with Crippen molar-refractivity contribution in [2.45, 2.75) is 183 Å². The first kappa shape index (κ1) is 120. The molecule has 5 atom stereocenters. The lowest BCUT2D eigenvalue weighted by Gasteiger charge is -2.28. The molecule has 6 aromatic carbocycles. The van der Waals surface area contributed by atoms with Crippen LogP contribution in [0.4, 0.5) is 34.5 Å². The van der Waals surface area contributed by atoms with Gasteiger partial charge in [-0.25, -0.2) is 64.6 Å². The smallest absolute Gasteiger partial charge is 0.338 e. The SMILES string of the molecule is CC(C)(C)NC[C@H](O)COc1nsnc1N1CCOCC1.CCCCNc1cc(C(=O)O)cc(S(N)(=O)=O)c1Oc1ccccc1.CCCCNc1cc(C(=O)O[C@@H](CNC(C)(C)C)COc2nsnc2N2CCOCC2)cc(S(N)(=O)=O)c1Oc1ccccc1.CCCCNc1cc(C(=O)O[C@@H](CNC(C)(C)C)COc2nsnc2N2CCOCC2)cc(S(N)(=O)=O)c1Oc1ccccc1.O=C(O)C(O)C(O)C(=O)O. The summed E-state index contributed by atoms with van der Waals surface area (Å²) in [4.78, 5) is 63.2. The summed E-state index contributed by atoms with van der Waals surface area (Å²) in [7, 11) is -12.8. The van der Waals surface area contributed by atoms with Crippen molar-refractivity contribution in [3.05, 3.63) is 144 Å². The number of carbonyl (C=O) groups excluding carboxylic acids is 2. The predicted molar refractivity (Wildman–Crippen MR) is 550 cm³/mol. The second-order valence-electron chi connectivity index (χ2n) is 36.2. The van der Waals surface area contributed by atoms with E-state index in [1.807, 2.05) is 84.2 Å². The Morgan fingerprint density at radius 2 is 0.678 bits per heavy atom. The summed E-state index contributed by atoms with van der Waals surface area (Å²) in [5.74, 6) is -1.91. The van der Waals surface area contributed by atoms with E-state index in [0.717, 1.165) is 98.7 Å². The third kappa shape index (κ3) is 40.9. The highest BCUT2D eigenvalue weighted by Crippen LogP contribution is 2.42. The molecule has 3 saturated heterocycles. The Balaban J connectivity index is 0.000000239. The highest BCUT2D eigenvalue weighted by Gasteiger charge is 2.34. The molecule has 0 saturated carbocycles. The van der Waals surface area contributed by atoms with Crippen LogP contribution in [-0.2, 0) is 63.3 Å². The molecule has 3 fully saturated rings. The lowest BCUT2D eigenvalue weighted by Crippen LogP contribution is -2.44. The Bertz CT molecular complexity index is 5700. The number of aromatic carboxylic acids is 1. The van der Waals surface area contributed by atoms with Crippen LogP contribution in [0.2, 0.25) is 0 Å². The number of rotatable bonds is 47. The number of ether oxygens (including phenoxy) is 11. The number of nitrogens with zero attached hydrogens (tertiary/aromatic N) is 9. The number of hydrogen-bond acceptors (Lipinski definition) is 43. The van der Waals surface area contributed by atoms with E-state index in [2.05, 4.69) is 83.8 Å². The number of sulfonamides is 3. The number of hydrogen-bond donors (Lipinski definition) is 15. The van der Waals surface area contributed by atoms with Gasteiger partial charge in [-0.1, -0.05) is 94.6 Å². The summed E-state index contributed by atoms with van der Waals surface area (Å²) in [6.07, 6.45) is -1.48. The second-order valence-corrected chi connectivity index (χ2v) is 42.3. The molecule has 12 rings (SSSR count). The topological polar surface area (TPSA) is 648 Å². The molecule has 2 unspecified atom stereocenters. The number of morpholine rings is 3. The van der Waals surface area contributed by atoms with E-state index in [4.69, 9.17) is 87.9 Å². The van der Waals surface area contributed by atoms with Crippen LogP contribution in [0.15, 0.2) is 142 Å². The van der Waals surface area contributed by atoms with Crippen molar-refractivity contribution < 1.29 is 132 Å². The molecule has 146 heavy (non-hydrogen) atoms. The number of aliphatic hydroxyl groups is 3. The molecule has 9 aromatic rings. The molecule has 3 aromatic heterocycles. The maximum atomic E-state index is 13.6. The fraction of sp³-hybridized carbons (Fsp3) is 0.500. The van der Waals surface area contributed by atoms with Crippen LogP contribution in [0.25, 0.3) is 0 Å². The zero-order valence-corrected chi connectivity index (χ0v) is 88.4. The molecule has 3 aliphatic heterocycles. The van der Waals surface area contributed by atoms with Crippen molar-refractivity contribution >= 4 is 130 Å². The minimum absolute atomic E-state index is 0.00249. The minimum Gasteiger partial charge on any atom is -0.479 e. The third-order valence-corrected chi connectivity index (χ3v) is 24.9. The maximum Gasteiger partial charge on any atom is 0.338 e. The van der Waals surface area contributed by atoms with Gasteiger partial charge < -0.3 is 129 Å². The predicted octanol–water partition coefficient (Wildman–Crippen LogP) is 9.45. The van der Waals surface area contributed by atoms with E-state index in [-0.39, 0.29) is 104 Å².